The van der Waals surface area contributed by atoms with E-state index in [1.54, 1.807) is 0 Å². The van der Waals surface area contributed by atoms with Crippen LogP contribution >= 0.6 is 0 Å². The number of benzene rings is 1. The Labute approximate surface area is 203 Å². The monoisotopic (exact) mass is 533 g/mol. The molecule has 1 aromatic heterocycles. The number of primary sulfonamides is 1. The fraction of sp³-hybridized carbons (Fsp3) is 0.611. The first-order valence-corrected chi connectivity index (χ1v) is 13.8. The zero-order chi connectivity index (χ0) is 26.0. The molecule has 35 heavy (non-hydrogen) atoms. The summed E-state index contributed by atoms with van der Waals surface area (Å²) in [6, 6.07) is 2.61. The van der Waals surface area contributed by atoms with Gasteiger partial charge in [-0.3, -0.25) is 4.90 Å². The fourth-order valence-corrected chi connectivity index (χ4v) is 6.76. The number of aliphatic hydroxyl groups excluding tert-OH is 2. The zero-order valence-corrected chi connectivity index (χ0v) is 21.0. The summed E-state index contributed by atoms with van der Waals surface area (Å²) < 4.78 is 53.8. The standard InChI is InChI=1S/C18H31N9O6S2/c1-18(2)11-26(5-6-27(18)7-8-28)13-3-4-14(35(32,33)21-10-12(29)9-19)16(34(20,30)31)15(13)17-22-24-25-23-17/h3-4,12,21,28-29H,5-11,19H2,1-2H3,(H2,20,30,31)(H,22,23,24,25)/t12-/m1/s1. The van der Waals surface area contributed by atoms with Gasteiger partial charge in [0, 0.05) is 50.5 Å². The van der Waals surface area contributed by atoms with Crippen molar-refractivity contribution >= 4 is 25.7 Å². The molecule has 0 amide bonds. The molecule has 1 atom stereocenters. The number of H-pyrrole nitrogens is 1. The van der Waals surface area contributed by atoms with Gasteiger partial charge in [0.2, 0.25) is 25.9 Å². The van der Waals surface area contributed by atoms with Crippen LogP contribution in [0.2, 0.25) is 0 Å². The van der Waals surface area contributed by atoms with Crippen molar-refractivity contribution < 1.29 is 27.0 Å². The molecule has 1 aliphatic heterocycles. The van der Waals surface area contributed by atoms with Gasteiger partial charge in [0.25, 0.3) is 0 Å². The van der Waals surface area contributed by atoms with E-state index in [0.29, 0.717) is 31.9 Å². The second kappa shape index (κ2) is 10.4. The quantitative estimate of drug-likeness (QED) is 0.179. The first kappa shape index (κ1) is 27.3. The van der Waals surface area contributed by atoms with Gasteiger partial charge < -0.3 is 20.8 Å². The molecule has 0 aliphatic carbocycles. The number of rotatable bonds is 10. The van der Waals surface area contributed by atoms with Crippen LogP contribution in [0.3, 0.4) is 0 Å². The molecule has 1 aliphatic rings. The number of nitrogens with one attached hydrogen (secondary N) is 2. The van der Waals surface area contributed by atoms with Crippen molar-refractivity contribution in [2.75, 3.05) is 50.8 Å². The number of β-amino-alcohol motifs (C(OH)–C–C–N with tert-alkyl or cyclic N) is 1. The van der Waals surface area contributed by atoms with Crippen LogP contribution in [0.5, 0.6) is 0 Å². The van der Waals surface area contributed by atoms with Crippen LogP contribution in [-0.4, -0.2) is 110 Å². The normalized spacial score (nSPS) is 18.1. The van der Waals surface area contributed by atoms with Crippen molar-refractivity contribution in [3.05, 3.63) is 12.1 Å². The van der Waals surface area contributed by atoms with E-state index >= 15 is 0 Å². The average Bonchev–Trinajstić information content (AvgIpc) is 3.31. The van der Waals surface area contributed by atoms with Crippen molar-refractivity contribution in [3.8, 4) is 11.4 Å². The second-order valence-electron chi connectivity index (χ2n) is 8.75. The van der Waals surface area contributed by atoms with E-state index in [4.69, 9.17) is 10.9 Å². The van der Waals surface area contributed by atoms with E-state index in [9.17, 15) is 27.0 Å². The van der Waals surface area contributed by atoms with Crippen LogP contribution in [0.25, 0.3) is 11.4 Å². The van der Waals surface area contributed by atoms with E-state index < -0.39 is 48.0 Å². The summed E-state index contributed by atoms with van der Waals surface area (Å²) in [4.78, 5) is 2.67. The molecule has 196 valence electrons. The topological polar surface area (TPSA) is 234 Å². The maximum absolute atomic E-state index is 13.1. The van der Waals surface area contributed by atoms with Crippen molar-refractivity contribution in [2.45, 2.75) is 35.3 Å². The minimum absolute atomic E-state index is 0.00842. The number of hydrogen-bond donors (Lipinski definition) is 6. The van der Waals surface area contributed by atoms with Crippen molar-refractivity contribution in [2.24, 2.45) is 10.9 Å². The molecule has 0 radical (unpaired) electrons. The molecule has 0 spiro atoms. The molecule has 3 rings (SSSR count). The smallest absolute Gasteiger partial charge is 0.242 e. The Balaban J connectivity index is 2.19. The van der Waals surface area contributed by atoms with Gasteiger partial charge >= 0.3 is 0 Å². The molecular weight excluding hydrogens is 502 g/mol. The number of aliphatic hydroxyl groups is 2. The molecule has 1 fully saturated rings. The Hall–Kier alpha value is -2.25. The minimum atomic E-state index is -4.62. The third-order valence-corrected chi connectivity index (χ3v) is 8.40. The summed E-state index contributed by atoms with van der Waals surface area (Å²) in [6.07, 6.45) is -1.17. The first-order chi connectivity index (χ1) is 16.3. The molecule has 1 saturated heterocycles. The Morgan fingerprint density at radius 1 is 1.26 bits per heavy atom. The van der Waals surface area contributed by atoms with E-state index in [2.05, 4.69) is 30.2 Å². The Morgan fingerprint density at radius 3 is 2.51 bits per heavy atom. The largest absolute Gasteiger partial charge is 0.395 e. The van der Waals surface area contributed by atoms with Gasteiger partial charge in [0.15, 0.2) is 0 Å². The van der Waals surface area contributed by atoms with Crippen LogP contribution in [-0.2, 0) is 20.0 Å². The molecular formula is C18H31N9O6S2. The van der Waals surface area contributed by atoms with Crippen molar-refractivity contribution in [1.29, 1.82) is 0 Å². The molecule has 8 N–H and O–H groups in total. The number of nitrogens with zero attached hydrogens (tertiary/aromatic N) is 5. The van der Waals surface area contributed by atoms with Crippen molar-refractivity contribution in [3.63, 3.8) is 0 Å². The van der Waals surface area contributed by atoms with Crippen LogP contribution in [0.1, 0.15) is 13.8 Å². The number of tetrazole rings is 1. The lowest BCUT2D eigenvalue weighted by Gasteiger charge is -2.48. The summed E-state index contributed by atoms with van der Waals surface area (Å²) in [5.41, 5.74) is 5.17. The Bertz CT molecular complexity index is 1240. The van der Waals surface area contributed by atoms with E-state index in [0.717, 1.165) is 6.07 Å². The van der Waals surface area contributed by atoms with Gasteiger partial charge in [-0.1, -0.05) is 0 Å². The molecule has 15 nitrogen and oxygen atoms in total. The summed E-state index contributed by atoms with van der Waals surface area (Å²) in [6.45, 7) is 5.23. The molecule has 1 aromatic carbocycles. The number of hydrogen-bond acceptors (Lipinski definition) is 12. The van der Waals surface area contributed by atoms with Crippen LogP contribution in [0.4, 0.5) is 5.69 Å². The van der Waals surface area contributed by atoms with Gasteiger partial charge in [-0.15, -0.1) is 10.2 Å². The third-order valence-electron chi connectivity index (χ3n) is 5.81. The van der Waals surface area contributed by atoms with E-state index in [1.165, 1.54) is 6.07 Å². The fourth-order valence-electron chi connectivity index (χ4n) is 4.09. The number of sulfonamides is 2. The summed E-state index contributed by atoms with van der Waals surface area (Å²) in [5, 5.41) is 38.1. The van der Waals surface area contributed by atoms with Gasteiger partial charge in [-0.25, -0.2) is 26.7 Å². The van der Waals surface area contributed by atoms with E-state index in [1.807, 2.05) is 18.7 Å². The predicted octanol–water partition coefficient (Wildman–Crippen LogP) is -3.00. The third kappa shape index (κ3) is 5.95. The Kier molecular flexibility index (Phi) is 8.12. The molecule has 2 aromatic rings. The minimum Gasteiger partial charge on any atom is -0.395 e. The molecule has 0 saturated carbocycles. The van der Waals surface area contributed by atoms with Gasteiger partial charge in [-0.05, 0) is 31.2 Å². The van der Waals surface area contributed by atoms with Crippen LogP contribution in [0, 0.1) is 0 Å². The SMILES string of the molecule is CC1(C)CN(c2ccc(S(=O)(=O)NC[C@H](O)CN)c(S(N)(=O)=O)c2-c2nn[nH]n2)CCN1CCO. The zero-order valence-electron chi connectivity index (χ0n) is 19.4. The lowest BCUT2D eigenvalue weighted by atomic mass is 9.97. The number of anilines is 1. The highest BCUT2D eigenvalue weighted by molar-refractivity contribution is 7.92. The van der Waals surface area contributed by atoms with E-state index in [-0.39, 0.29) is 24.5 Å². The highest BCUT2D eigenvalue weighted by Crippen LogP contribution is 2.39. The molecule has 17 heteroatoms. The van der Waals surface area contributed by atoms with Gasteiger partial charge in [0.05, 0.1) is 18.3 Å². The lowest BCUT2D eigenvalue weighted by molar-refractivity contribution is 0.0813. The summed E-state index contributed by atoms with van der Waals surface area (Å²) in [7, 11) is -9.07. The highest BCUT2D eigenvalue weighted by atomic mass is 32.2. The molecule has 2 heterocycles. The van der Waals surface area contributed by atoms with Crippen molar-refractivity contribution in [1.82, 2.24) is 30.2 Å². The summed E-state index contributed by atoms with van der Waals surface area (Å²) >= 11 is 0. The second-order valence-corrected chi connectivity index (χ2v) is 12.0. The van der Waals surface area contributed by atoms with Crippen LogP contribution < -0.4 is 20.5 Å². The van der Waals surface area contributed by atoms with Gasteiger partial charge in [-0.2, -0.15) is 5.21 Å². The Morgan fingerprint density at radius 2 is 1.97 bits per heavy atom. The summed E-state index contributed by atoms with van der Waals surface area (Å²) in [5.74, 6) is -0.154. The lowest BCUT2D eigenvalue weighted by Crippen LogP contribution is -2.60. The first-order valence-electron chi connectivity index (χ1n) is 10.7. The number of aromatic amines is 1. The molecule has 0 bridgehead atoms. The predicted molar refractivity (Wildman–Crippen MR) is 126 cm³/mol. The number of piperazine rings is 1. The maximum atomic E-state index is 13.1. The molecule has 0 unspecified atom stereocenters. The average molecular weight is 534 g/mol. The maximum Gasteiger partial charge on any atom is 0.242 e. The number of nitrogens with two attached hydrogens (primary N) is 2. The van der Waals surface area contributed by atoms with Gasteiger partial charge in [0.1, 0.15) is 9.79 Å². The number of aromatic nitrogens is 4. The van der Waals surface area contributed by atoms with Crippen LogP contribution in [0.15, 0.2) is 21.9 Å². The highest BCUT2D eigenvalue weighted by Gasteiger charge is 2.37.